The Morgan fingerprint density at radius 1 is 0.848 bits per heavy atom. The molecule has 6 heteroatoms. The van der Waals surface area contributed by atoms with E-state index in [1.165, 1.54) is 5.56 Å². The summed E-state index contributed by atoms with van der Waals surface area (Å²) >= 11 is 0. The van der Waals surface area contributed by atoms with Crippen LogP contribution in [0, 0.1) is 0 Å². The maximum atomic E-state index is 12.6. The first-order valence-electron chi connectivity index (χ1n) is 11.2. The number of rotatable bonds is 10. The van der Waals surface area contributed by atoms with Gasteiger partial charge in [0.05, 0.1) is 16.8 Å². The first-order chi connectivity index (χ1) is 15.7. The Morgan fingerprint density at radius 3 is 2.06 bits per heavy atom. The number of hydrogen-bond acceptors (Lipinski definition) is 4. The number of carbonyl (C=O) groups excluding carboxylic acids is 1. The second kappa shape index (κ2) is 11.1. The predicted octanol–water partition coefficient (Wildman–Crippen LogP) is 5.20. The Kier molecular flexibility index (Phi) is 8.28. The minimum absolute atomic E-state index is 0.00206. The van der Waals surface area contributed by atoms with Crippen molar-refractivity contribution < 1.29 is 17.9 Å². The maximum Gasteiger partial charge on any atom is 0.251 e. The third kappa shape index (κ3) is 7.46. The average Bonchev–Trinajstić information content (AvgIpc) is 2.79. The van der Waals surface area contributed by atoms with Crippen LogP contribution >= 0.6 is 0 Å². The summed E-state index contributed by atoms with van der Waals surface area (Å²) in [7, 11) is -3.42. The number of ether oxygens (including phenoxy) is 1. The van der Waals surface area contributed by atoms with Crippen LogP contribution in [0.25, 0.3) is 0 Å². The smallest absolute Gasteiger partial charge is 0.251 e. The van der Waals surface area contributed by atoms with Gasteiger partial charge in [-0.3, -0.25) is 4.79 Å². The number of aryl methyl sites for hydroxylation is 1. The molecule has 1 amide bonds. The van der Waals surface area contributed by atoms with Crippen molar-refractivity contribution in [2.24, 2.45) is 0 Å². The summed E-state index contributed by atoms with van der Waals surface area (Å²) in [6.45, 7) is 5.98. The minimum atomic E-state index is -3.42. The average molecular weight is 466 g/mol. The van der Waals surface area contributed by atoms with Crippen LogP contribution in [0.2, 0.25) is 0 Å². The summed E-state index contributed by atoms with van der Waals surface area (Å²) in [5, 5.41) is 3.02. The van der Waals surface area contributed by atoms with E-state index in [1.54, 1.807) is 54.6 Å². The molecule has 0 bridgehead atoms. The molecular formula is C27H31NO4S. The zero-order valence-corrected chi connectivity index (χ0v) is 20.1. The van der Waals surface area contributed by atoms with Gasteiger partial charge in [-0.1, -0.05) is 42.5 Å². The molecule has 0 aliphatic heterocycles. The van der Waals surface area contributed by atoms with Crippen molar-refractivity contribution in [3.63, 3.8) is 0 Å². The SMILES string of the molecule is CC(CCc1ccc(OC(C)C)cc1)NC(=O)c1ccc(CS(=O)(=O)c2ccccc2)cc1. The van der Waals surface area contributed by atoms with Gasteiger partial charge in [0, 0.05) is 11.6 Å². The molecule has 0 heterocycles. The van der Waals surface area contributed by atoms with Crippen molar-refractivity contribution in [1.82, 2.24) is 5.32 Å². The fourth-order valence-corrected chi connectivity index (χ4v) is 4.82. The van der Waals surface area contributed by atoms with Crippen molar-refractivity contribution in [1.29, 1.82) is 0 Å². The van der Waals surface area contributed by atoms with Gasteiger partial charge in [0.15, 0.2) is 9.84 Å². The molecular weight excluding hydrogens is 434 g/mol. The van der Waals surface area contributed by atoms with Crippen LogP contribution in [0.3, 0.4) is 0 Å². The molecule has 5 nitrogen and oxygen atoms in total. The minimum Gasteiger partial charge on any atom is -0.491 e. The number of hydrogen-bond donors (Lipinski definition) is 1. The van der Waals surface area contributed by atoms with Gasteiger partial charge in [0.2, 0.25) is 0 Å². The molecule has 174 valence electrons. The topological polar surface area (TPSA) is 72.5 Å². The highest BCUT2D eigenvalue weighted by atomic mass is 32.2. The van der Waals surface area contributed by atoms with Crippen LogP contribution in [0.5, 0.6) is 5.75 Å². The van der Waals surface area contributed by atoms with E-state index in [2.05, 4.69) is 17.4 Å². The lowest BCUT2D eigenvalue weighted by molar-refractivity contribution is 0.0938. The monoisotopic (exact) mass is 465 g/mol. The molecule has 1 unspecified atom stereocenters. The molecule has 0 radical (unpaired) electrons. The van der Waals surface area contributed by atoms with Crippen molar-refractivity contribution in [3.8, 4) is 5.75 Å². The van der Waals surface area contributed by atoms with Crippen LogP contribution in [0.15, 0.2) is 83.8 Å². The fraction of sp³-hybridized carbons (Fsp3) is 0.296. The van der Waals surface area contributed by atoms with E-state index in [9.17, 15) is 13.2 Å². The predicted molar refractivity (Wildman–Crippen MR) is 131 cm³/mol. The van der Waals surface area contributed by atoms with E-state index >= 15 is 0 Å². The molecule has 0 aromatic heterocycles. The molecule has 0 aliphatic carbocycles. The highest BCUT2D eigenvalue weighted by Gasteiger charge is 2.16. The third-order valence-corrected chi connectivity index (χ3v) is 6.92. The standard InChI is InChI=1S/C27H31NO4S/c1-20(2)32-25-17-13-22(14-18-25)10-9-21(3)28-27(29)24-15-11-23(12-16-24)19-33(30,31)26-7-5-4-6-8-26/h4-8,11-18,20-21H,9-10,19H2,1-3H3,(H,28,29). The summed E-state index contributed by atoms with van der Waals surface area (Å²) < 4.78 is 30.7. The van der Waals surface area contributed by atoms with Crippen LogP contribution in [0.1, 0.15) is 48.7 Å². The summed E-state index contributed by atoms with van der Waals surface area (Å²) in [6.07, 6.45) is 1.80. The summed E-state index contributed by atoms with van der Waals surface area (Å²) in [6, 6.07) is 23.2. The lowest BCUT2D eigenvalue weighted by atomic mass is 10.1. The van der Waals surface area contributed by atoms with Gasteiger partial charge < -0.3 is 10.1 Å². The summed E-state index contributed by atoms with van der Waals surface area (Å²) in [4.78, 5) is 12.9. The van der Waals surface area contributed by atoms with Gasteiger partial charge >= 0.3 is 0 Å². The Labute approximate surface area is 196 Å². The van der Waals surface area contributed by atoms with E-state index in [4.69, 9.17) is 4.74 Å². The van der Waals surface area contributed by atoms with E-state index in [0.717, 1.165) is 18.6 Å². The summed E-state index contributed by atoms with van der Waals surface area (Å²) in [5.74, 6) is 0.590. The van der Waals surface area contributed by atoms with E-state index < -0.39 is 9.84 Å². The fourth-order valence-electron chi connectivity index (χ4n) is 3.45. The van der Waals surface area contributed by atoms with Crippen LogP contribution in [0.4, 0.5) is 0 Å². The van der Waals surface area contributed by atoms with Crippen LogP contribution < -0.4 is 10.1 Å². The molecule has 0 saturated carbocycles. The number of sulfone groups is 1. The quantitative estimate of drug-likeness (QED) is 0.447. The Balaban J connectivity index is 1.50. The molecule has 0 saturated heterocycles. The number of benzene rings is 3. The van der Waals surface area contributed by atoms with Gasteiger partial charge in [-0.2, -0.15) is 0 Å². The van der Waals surface area contributed by atoms with Gasteiger partial charge in [-0.05, 0) is 81.1 Å². The van der Waals surface area contributed by atoms with E-state index in [1.807, 2.05) is 32.9 Å². The normalized spacial score (nSPS) is 12.4. The van der Waals surface area contributed by atoms with Gasteiger partial charge in [0.1, 0.15) is 5.75 Å². The third-order valence-electron chi connectivity index (χ3n) is 5.21. The molecule has 1 atom stereocenters. The molecule has 0 fully saturated rings. The van der Waals surface area contributed by atoms with Crippen molar-refractivity contribution >= 4 is 15.7 Å². The van der Waals surface area contributed by atoms with Gasteiger partial charge in [-0.15, -0.1) is 0 Å². The molecule has 1 N–H and O–H groups in total. The lowest BCUT2D eigenvalue weighted by Gasteiger charge is -2.15. The Bertz CT molecular complexity index is 1140. The largest absolute Gasteiger partial charge is 0.491 e. The zero-order chi connectivity index (χ0) is 23.8. The van der Waals surface area contributed by atoms with E-state index in [-0.39, 0.29) is 23.8 Å². The van der Waals surface area contributed by atoms with Gasteiger partial charge in [0.25, 0.3) is 5.91 Å². The summed E-state index contributed by atoms with van der Waals surface area (Å²) in [5.41, 5.74) is 2.35. The van der Waals surface area contributed by atoms with Crippen molar-refractivity contribution in [3.05, 3.63) is 95.6 Å². The van der Waals surface area contributed by atoms with Crippen LogP contribution in [-0.2, 0) is 22.0 Å². The second-order valence-electron chi connectivity index (χ2n) is 8.49. The Morgan fingerprint density at radius 2 is 1.45 bits per heavy atom. The first-order valence-corrected chi connectivity index (χ1v) is 12.8. The molecule has 3 aromatic carbocycles. The van der Waals surface area contributed by atoms with Gasteiger partial charge in [-0.25, -0.2) is 8.42 Å². The van der Waals surface area contributed by atoms with Crippen LogP contribution in [-0.4, -0.2) is 26.5 Å². The van der Waals surface area contributed by atoms with E-state index in [0.29, 0.717) is 16.0 Å². The number of amides is 1. The molecule has 0 spiro atoms. The second-order valence-corrected chi connectivity index (χ2v) is 10.5. The Hall–Kier alpha value is -3.12. The zero-order valence-electron chi connectivity index (χ0n) is 19.3. The highest BCUT2D eigenvalue weighted by molar-refractivity contribution is 7.90. The number of nitrogens with one attached hydrogen (secondary N) is 1. The maximum absolute atomic E-state index is 12.6. The van der Waals surface area contributed by atoms with Crippen molar-refractivity contribution in [2.45, 2.75) is 56.4 Å². The number of carbonyl (C=O) groups is 1. The molecule has 0 aliphatic rings. The first kappa shape index (κ1) is 24.5. The molecule has 3 rings (SSSR count). The molecule has 3 aromatic rings. The highest BCUT2D eigenvalue weighted by Crippen LogP contribution is 2.17. The molecule has 33 heavy (non-hydrogen) atoms. The lowest BCUT2D eigenvalue weighted by Crippen LogP contribution is -2.32. The van der Waals surface area contributed by atoms with Crippen molar-refractivity contribution in [2.75, 3.05) is 0 Å².